The molecule has 0 unspecified atom stereocenters. The Bertz CT molecular complexity index is 415. The van der Waals surface area contributed by atoms with E-state index < -0.39 is 0 Å². The zero-order valence-corrected chi connectivity index (χ0v) is 9.64. The summed E-state index contributed by atoms with van der Waals surface area (Å²) in [6.07, 6.45) is 3.57. The van der Waals surface area contributed by atoms with Gasteiger partial charge < -0.3 is 5.32 Å². The van der Waals surface area contributed by atoms with Gasteiger partial charge in [0, 0.05) is 18.8 Å². The summed E-state index contributed by atoms with van der Waals surface area (Å²) in [6, 6.07) is 3.94. The highest BCUT2D eigenvalue weighted by Crippen LogP contribution is 2.10. The molecule has 0 aliphatic heterocycles. The van der Waals surface area contributed by atoms with Crippen LogP contribution in [0.4, 0.5) is 5.82 Å². The molecule has 5 nitrogen and oxygen atoms in total. The Morgan fingerprint density at radius 2 is 2.25 bits per heavy atom. The van der Waals surface area contributed by atoms with Crippen LogP contribution in [0.5, 0.6) is 0 Å². The number of aromatic nitrogens is 4. The highest BCUT2D eigenvalue weighted by Gasteiger charge is 2.04. The Labute approximate surface area is 94.9 Å². The molecule has 0 aliphatic carbocycles. The molecule has 86 valence electrons. The van der Waals surface area contributed by atoms with Crippen molar-refractivity contribution in [3.8, 4) is 0 Å². The van der Waals surface area contributed by atoms with E-state index >= 15 is 0 Å². The summed E-state index contributed by atoms with van der Waals surface area (Å²) in [6.45, 7) is 6.03. The minimum Gasteiger partial charge on any atom is -0.365 e. The van der Waals surface area contributed by atoms with Crippen molar-refractivity contribution in [1.82, 2.24) is 20.0 Å². The van der Waals surface area contributed by atoms with Crippen LogP contribution in [0.25, 0.3) is 0 Å². The van der Waals surface area contributed by atoms with Crippen molar-refractivity contribution in [3.05, 3.63) is 30.2 Å². The van der Waals surface area contributed by atoms with Gasteiger partial charge in [0.25, 0.3) is 0 Å². The van der Waals surface area contributed by atoms with Crippen LogP contribution < -0.4 is 5.32 Å². The second kappa shape index (κ2) is 4.83. The van der Waals surface area contributed by atoms with Crippen molar-refractivity contribution in [1.29, 1.82) is 0 Å². The minimum atomic E-state index is 0.590. The standard InChI is InChI=1S/C11H17N5/c1-9(2)8-16-11(4-6-14-16)12-7-10-3-5-13-15-10/h3-6,9,12H,7-8H2,1-2H3,(H,13,15). The fourth-order valence-electron chi connectivity index (χ4n) is 1.54. The Kier molecular flexibility index (Phi) is 3.24. The molecule has 0 spiro atoms. The number of nitrogens with zero attached hydrogens (tertiary/aromatic N) is 3. The van der Waals surface area contributed by atoms with Crippen LogP contribution in [0.2, 0.25) is 0 Å². The fraction of sp³-hybridized carbons (Fsp3) is 0.455. The molecule has 0 atom stereocenters. The van der Waals surface area contributed by atoms with Gasteiger partial charge in [-0.2, -0.15) is 10.2 Å². The number of nitrogens with one attached hydrogen (secondary N) is 2. The summed E-state index contributed by atoms with van der Waals surface area (Å²) < 4.78 is 1.99. The van der Waals surface area contributed by atoms with Gasteiger partial charge in [0.05, 0.1) is 18.4 Å². The summed E-state index contributed by atoms with van der Waals surface area (Å²) in [7, 11) is 0. The van der Waals surface area contributed by atoms with E-state index in [1.165, 1.54) is 0 Å². The quantitative estimate of drug-likeness (QED) is 0.807. The molecule has 0 amide bonds. The lowest BCUT2D eigenvalue weighted by Gasteiger charge is -2.10. The summed E-state index contributed by atoms with van der Waals surface area (Å²) in [5, 5.41) is 14.4. The Morgan fingerprint density at radius 1 is 1.38 bits per heavy atom. The van der Waals surface area contributed by atoms with Crippen LogP contribution in [0.1, 0.15) is 19.5 Å². The molecular weight excluding hydrogens is 202 g/mol. The van der Waals surface area contributed by atoms with Crippen molar-refractivity contribution >= 4 is 5.82 Å². The van der Waals surface area contributed by atoms with Gasteiger partial charge in [0.1, 0.15) is 5.82 Å². The van der Waals surface area contributed by atoms with Crippen LogP contribution >= 0.6 is 0 Å². The summed E-state index contributed by atoms with van der Waals surface area (Å²) >= 11 is 0. The highest BCUT2D eigenvalue weighted by atomic mass is 15.3. The van der Waals surface area contributed by atoms with E-state index in [-0.39, 0.29) is 0 Å². The van der Waals surface area contributed by atoms with E-state index in [4.69, 9.17) is 0 Å². The van der Waals surface area contributed by atoms with Gasteiger partial charge in [-0.25, -0.2) is 4.68 Å². The van der Waals surface area contributed by atoms with Gasteiger partial charge in [0.2, 0.25) is 0 Å². The number of H-pyrrole nitrogens is 1. The molecule has 0 radical (unpaired) electrons. The molecule has 2 aromatic rings. The second-order valence-electron chi connectivity index (χ2n) is 4.23. The monoisotopic (exact) mass is 219 g/mol. The first kappa shape index (κ1) is 10.7. The largest absolute Gasteiger partial charge is 0.365 e. The van der Waals surface area contributed by atoms with Gasteiger partial charge in [-0.1, -0.05) is 13.8 Å². The summed E-state index contributed by atoms with van der Waals surface area (Å²) in [5.74, 6) is 1.64. The number of aromatic amines is 1. The first-order valence-corrected chi connectivity index (χ1v) is 5.49. The molecule has 0 aliphatic rings. The summed E-state index contributed by atoms with van der Waals surface area (Å²) in [4.78, 5) is 0. The molecule has 0 saturated carbocycles. The van der Waals surface area contributed by atoms with E-state index in [1.807, 2.05) is 23.0 Å². The van der Waals surface area contributed by atoms with Crippen LogP contribution in [0.15, 0.2) is 24.5 Å². The van der Waals surface area contributed by atoms with E-state index in [0.717, 1.165) is 24.6 Å². The van der Waals surface area contributed by atoms with Crippen LogP contribution in [0.3, 0.4) is 0 Å². The molecule has 2 heterocycles. The minimum absolute atomic E-state index is 0.590. The molecule has 0 bridgehead atoms. The normalized spacial score (nSPS) is 10.9. The maximum atomic E-state index is 4.28. The number of anilines is 1. The van der Waals surface area contributed by atoms with Crippen molar-refractivity contribution in [2.45, 2.75) is 26.9 Å². The van der Waals surface area contributed by atoms with Gasteiger partial charge >= 0.3 is 0 Å². The zero-order chi connectivity index (χ0) is 11.4. The third-order valence-corrected chi connectivity index (χ3v) is 2.27. The average Bonchev–Trinajstić information content (AvgIpc) is 2.84. The lowest BCUT2D eigenvalue weighted by Crippen LogP contribution is -2.11. The van der Waals surface area contributed by atoms with Gasteiger partial charge in [-0.3, -0.25) is 5.10 Å². The lowest BCUT2D eigenvalue weighted by molar-refractivity contribution is 0.487. The predicted molar refractivity (Wildman–Crippen MR) is 63.0 cm³/mol. The fourth-order valence-corrected chi connectivity index (χ4v) is 1.54. The van der Waals surface area contributed by atoms with Crippen LogP contribution in [0, 0.1) is 5.92 Å². The van der Waals surface area contributed by atoms with Gasteiger partial charge in [0.15, 0.2) is 0 Å². The molecule has 0 fully saturated rings. The number of hydrogen-bond donors (Lipinski definition) is 2. The van der Waals surface area contributed by atoms with Crippen molar-refractivity contribution in [2.24, 2.45) is 5.92 Å². The zero-order valence-electron chi connectivity index (χ0n) is 9.64. The number of rotatable bonds is 5. The molecule has 2 aromatic heterocycles. The van der Waals surface area contributed by atoms with Crippen LogP contribution in [-0.4, -0.2) is 20.0 Å². The van der Waals surface area contributed by atoms with E-state index in [0.29, 0.717) is 5.92 Å². The Hall–Kier alpha value is -1.78. The topological polar surface area (TPSA) is 58.5 Å². The predicted octanol–water partition coefficient (Wildman–Crippen LogP) is 1.87. The Morgan fingerprint density at radius 3 is 2.94 bits per heavy atom. The van der Waals surface area contributed by atoms with Crippen molar-refractivity contribution < 1.29 is 0 Å². The van der Waals surface area contributed by atoms with Crippen molar-refractivity contribution in [2.75, 3.05) is 5.32 Å². The molecule has 2 N–H and O–H groups in total. The molecule has 2 rings (SSSR count). The third kappa shape index (κ3) is 2.62. The number of hydrogen-bond acceptors (Lipinski definition) is 3. The molecule has 0 aromatic carbocycles. The second-order valence-corrected chi connectivity index (χ2v) is 4.23. The lowest BCUT2D eigenvalue weighted by atomic mass is 10.2. The molecule has 5 heteroatoms. The highest BCUT2D eigenvalue weighted by molar-refractivity contribution is 5.34. The summed E-state index contributed by atoms with van der Waals surface area (Å²) in [5.41, 5.74) is 1.07. The Balaban J connectivity index is 1.96. The molecule has 0 saturated heterocycles. The van der Waals surface area contributed by atoms with Crippen LogP contribution in [-0.2, 0) is 13.1 Å². The SMILES string of the molecule is CC(C)Cn1nccc1NCc1ccn[nH]1. The third-order valence-electron chi connectivity index (χ3n) is 2.27. The van der Waals surface area contributed by atoms with E-state index in [1.54, 1.807) is 6.20 Å². The maximum Gasteiger partial charge on any atom is 0.124 e. The smallest absolute Gasteiger partial charge is 0.124 e. The van der Waals surface area contributed by atoms with E-state index in [2.05, 4.69) is 34.5 Å². The molecular formula is C11H17N5. The first-order chi connectivity index (χ1) is 7.75. The van der Waals surface area contributed by atoms with E-state index in [9.17, 15) is 0 Å². The molecule has 16 heavy (non-hydrogen) atoms. The maximum absolute atomic E-state index is 4.28. The first-order valence-electron chi connectivity index (χ1n) is 5.49. The van der Waals surface area contributed by atoms with Gasteiger partial charge in [-0.15, -0.1) is 0 Å². The van der Waals surface area contributed by atoms with Gasteiger partial charge in [-0.05, 0) is 12.0 Å². The average molecular weight is 219 g/mol. The van der Waals surface area contributed by atoms with Crippen molar-refractivity contribution in [3.63, 3.8) is 0 Å².